The van der Waals surface area contributed by atoms with Crippen molar-refractivity contribution in [1.29, 1.82) is 0 Å². The van der Waals surface area contributed by atoms with Gasteiger partial charge in [0, 0.05) is 31.7 Å². The van der Waals surface area contributed by atoms with Crippen LogP contribution < -0.4 is 0 Å². The molecule has 6 aromatic rings. The minimum atomic E-state index is -0.389. The quantitative estimate of drug-likeness (QED) is 0.173. The maximum Gasteiger partial charge on any atom is 0.151 e. The number of rotatable bonds is 2. The van der Waals surface area contributed by atoms with E-state index in [1.54, 1.807) is 18.3 Å². The third-order valence-electron chi connectivity index (χ3n) is 7.10. The van der Waals surface area contributed by atoms with Crippen molar-refractivity contribution in [3.05, 3.63) is 114 Å². The Bertz CT molecular complexity index is 1820. The molecular weight excluding hydrogens is 673 g/mol. The second-order valence-corrected chi connectivity index (χ2v) is 9.65. The summed E-state index contributed by atoms with van der Waals surface area (Å²) in [4.78, 5) is 12.4. The molecule has 0 saturated heterocycles. The van der Waals surface area contributed by atoms with Gasteiger partial charge in [-0.25, -0.2) is 8.78 Å². The molecule has 0 fully saturated rings. The van der Waals surface area contributed by atoms with Crippen LogP contribution in [0.2, 0.25) is 0 Å². The van der Waals surface area contributed by atoms with E-state index in [1.807, 2.05) is 37.3 Å². The molecule has 4 nitrogen and oxygen atoms in total. The molecule has 0 saturated carbocycles. The third-order valence-corrected chi connectivity index (χ3v) is 7.10. The first-order valence-electron chi connectivity index (χ1n) is 12.4. The number of halogens is 2. The molecule has 1 aliphatic rings. The van der Waals surface area contributed by atoms with Crippen molar-refractivity contribution in [3.63, 3.8) is 0 Å². The van der Waals surface area contributed by atoms with Gasteiger partial charge in [-0.15, -0.1) is 53.6 Å². The molecule has 0 atom stereocenters. The molecular formula is C32H23F2IrN3O-2. The maximum absolute atomic E-state index is 13.9. The van der Waals surface area contributed by atoms with E-state index in [2.05, 4.69) is 47.0 Å². The number of furan rings is 1. The van der Waals surface area contributed by atoms with Crippen molar-refractivity contribution in [2.24, 2.45) is 0 Å². The van der Waals surface area contributed by atoms with Crippen LogP contribution in [0.3, 0.4) is 0 Å². The van der Waals surface area contributed by atoms with Gasteiger partial charge in [0.25, 0.3) is 0 Å². The van der Waals surface area contributed by atoms with Crippen molar-refractivity contribution < 1.29 is 33.3 Å². The standard InChI is InChI=1S/C16H8FN2O.C16H15FN.Ir/c17-12-8-18-9-14-15(12)11-5-3-4-10(16(11)20-14)13-6-1-2-7-19-13;1-4-10-13(17)9-18-15-11-7-5-6-8-12(11)16(2,3)14(10)15;/h1-3,5-9H;5-6,8-9H,4H2,1-3H3;/q2*-1;. The number of benzene rings is 2. The molecule has 0 aliphatic heterocycles. The van der Waals surface area contributed by atoms with Crippen LogP contribution in [0.5, 0.6) is 0 Å². The zero-order valence-electron chi connectivity index (χ0n) is 21.5. The molecule has 0 spiro atoms. The molecule has 1 radical (unpaired) electrons. The SMILES string of the molecule is CCc1c(F)cnc2c1C(C)(C)c1ccc[c-]c1-2.Fc1cncc2oc3c(-c4ccccn4)[c-]ccc3c12.[Ir]. The number of hydrogen-bond donors (Lipinski definition) is 0. The van der Waals surface area contributed by atoms with Gasteiger partial charge in [-0.2, -0.15) is 0 Å². The van der Waals surface area contributed by atoms with Gasteiger partial charge in [0.1, 0.15) is 11.4 Å². The van der Waals surface area contributed by atoms with Crippen LogP contribution in [0, 0.1) is 23.8 Å². The van der Waals surface area contributed by atoms with E-state index in [4.69, 9.17) is 4.42 Å². The molecule has 7 rings (SSSR count). The largest absolute Gasteiger partial charge is 0.499 e. The average Bonchev–Trinajstić information content (AvgIpc) is 3.43. The molecule has 7 heteroatoms. The molecule has 0 unspecified atom stereocenters. The van der Waals surface area contributed by atoms with Crippen LogP contribution >= 0.6 is 0 Å². The van der Waals surface area contributed by atoms with E-state index in [0.29, 0.717) is 28.4 Å². The van der Waals surface area contributed by atoms with Crippen LogP contribution in [-0.4, -0.2) is 15.0 Å². The maximum atomic E-state index is 13.9. The number of pyridine rings is 3. The number of fused-ring (bicyclic) bond motifs is 6. The van der Waals surface area contributed by atoms with Crippen molar-refractivity contribution in [2.75, 3.05) is 0 Å². The Hall–Kier alpha value is -3.80. The summed E-state index contributed by atoms with van der Waals surface area (Å²) in [6.45, 7) is 6.25. The second-order valence-electron chi connectivity index (χ2n) is 9.65. The predicted molar refractivity (Wildman–Crippen MR) is 144 cm³/mol. The Morgan fingerprint density at radius 2 is 1.72 bits per heavy atom. The van der Waals surface area contributed by atoms with E-state index in [-0.39, 0.29) is 37.2 Å². The Labute approximate surface area is 238 Å². The van der Waals surface area contributed by atoms with Gasteiger partial charge in [0.2, 0.25) is 0 Å². The zero-order chi connectivity index (χ0) is 26.4. The van der Waals surface area contributed by atoms with Gasteiger partial charge in [-0.3, -0.25) is 4.98 Å². The molecule has 1 aliphatic carbocycles. The van der Waals surface area contributed by atoms with Gasteiger partial charge in [0.15, 0.2) is 5.82 Å². The topological polar surface area (TPSA) is 51.8 Å². The predicted octanol–water partition coefficient (Wildman–Crippen LogP) is 7.87. The number of nitrogens with zero attached hydrogens (tertiary/aromatic N) is 3. The summed E-state index contributed by atoms with van der Waals surface area (Å²) in [7, 11) is 0. The van der Waals surface area contributed by atoms with Gasteiger partial charge in [0.05, 0.1) is 24.2 Å². The van der Waals surface area contributed by atoms with Crippen molar-refractivity contribution in [1.82, 2.24) is 15.0 Å². The second kappa shape index (κ2) is 10.4. The first-order valence-corrected chi connectivity index (χ1v) is 12.4. The molecule has 4 aromatic heterocycles. The van der Waals surface area contributed by atoms with Crippen molar-refractivity contribution in [3.8, 4) is 22.5 Å². The molecule has 39 heavy (non-hydrogen) atoms. The first-order chi connectivity index (χ1) is 18.4. The van der Waals surface area contributed by atoms with Gasteiger partial charge in [-0.05, 0) is 34.9 Å². The van der Waals surface area contributed by atoms with Gasteiger partial charge >= 0.3 is 0 Å². The summed E-state index contributed by atoms with van der Waals surface area (Å²) < 4.78 is 33.6. The van der Waals surface area contributed by atoms with Crippen molar-refractivity contribution in [2.45, 2.75) is 32.6 Å². The summed E-state index contributed by atoms with van der Waals surface area (Å²) in [5, 5.41) is 1.15. The van der Waals surface area contributed by atoms with E-state index in [0.717, 1.165) is 33.6 Å². The minimum Gasteiger partial charge on any atom is -0.499 e. The fraction of sp³-hybridized carbons (Fsp3) is 0.156. The Balaban J connectivity index is 0.000000155. The van der Waals surface area contributed by atoms with Crippen LogP contribution in [0.25, 0.3) is 44.5 Å². The molecule has 0 bridgehead atoms. The van der Waals surface area contributed by atoms with Crippen LogP contribution in [0.1, 0.15) is 37.5 Å². The summed E-state index contributed by atoms with van der Waals surface area (Å²) in [6.07, 6.45) is 6.43. The third kappa shape index (κ3) is 4.36. The van der Waals surface area contributed by atoms with E-state index in [9.17, 15) is 8.78 Å². The number of hydrogen-bond acceptors (Lipinski definition) is 4. The molecule has 197 valence electrons. The van der Waals surface area contributed by atoms with Crippen molar-refractivity contribution >= 4 is 21.9 Å². The average molecular weight is 696 g/mol. The monoisotopic (exact) mass is 696 g/mol. The first kappa shape index (κ1) is 26.8. The van der Waals surface area contributed by atoms with Gasteiger partial charge < -0.3 is 14.4 Å². The fourth-order valence-corrected chi connectivity index (χ4v) is 5.38. The Kier molecular flexibility index (Phi) is 7.15. The minimum absolute atomic E-state index is 0. The van der Waals surface area contributed by atoms with Crippen LogP contribution in [-0.2, 0) is 31.9 Å². The summed E-state index contributed by atoms with van der Waals surface area (Å²) in [5.74, 6) is -0.587. The Morgan fingerprint density at radius 3 is 2.49 bits per heavy atom. The molecule has 0 amide bonds. The number of aromatic nitrogens is 3. The normalized spacial score (nSPS) is 12.8. The summed E-state index contributed by atoms with van der Waals surface area (Å²) in [5.41, 5.74) is 7.20. The molecule has 0 N–H and O–H groups in total. The molecule has 4 heterocycles. The van der Waals surface area contributed by atoms with Crippen LogP contribution in [0.4, 0.5) is 8.78 Å². The zero-order valence-corrected chi connectivity index (χ0v) is 23.9. The fourth-order valence-electron chi connectivity index (χ4n) is 5.38. The van der Waals surface area contributed by atoms with E-state index < -0.39 is 0 Å². The smallest absolute Gasteiger partial charge is 0.151 e. The Morgan fingerprint density at radius 1 is 0.897 bits per heavy atom. The van der Waals surface area contributed by atoms with Gasteiger partial charge in [-0.1, -0.05) is 49.4 Å². The molecule has 2 aromatic carbocycles. The van der Waals surface area contributed by atoms with Crippen LogP contribution in [0.15, 0.2) is 77.7 Å². The van der Waals surface area contributed by atoms with E-state index in [1.165, 1.54) is 24.2 Å². The summed E-state index contributed by atoms with van der Waals surface area (Å²) in [6, 6.07) is 21.4. The van der Waals surface area contributed by atoms with E-state index >= 15 is 0 Å². The summed E-state index contributed by atoms with van der Waals surface area (Å²) >= 11 is 0.